The molecule has 0 aliphatic heterocycles. The van der Waals surface area contributed by atoms with Gasteiger partial charge in [-0.3, -0.25) is 4.79 Å². The number of thiophene rings is 1. The number of amides is 1. The molecule has 1 heterocycles. The number of carbonyl (C=O) groups is 1. The number of nitrogens with two attached hydrogens (primary N) is 1. The lowest BCUT2D eigenvalue weighted by Gasteiger charge is -1.96. The van der Waals surface area contributed by atoms with Gasteiger partial charge < -0.3 is 5.73 Å². The molecule has 0 atom stereocenters. The Morgan fingerprint density at radius 1 is 1.62 bits per heavy atom. The molecule has 2 nitrogen and oxygen atoms in total. The topological polar surface area (TPSA) is 43.1 Å². The van der Waals surface area contributed by atoms with Crippen molar-refractivity contribution in [1.82, 2.24) is 0 Å². The summed E-state index contributed by atoms with van der Waals surface area (Å²) >= 11 is 16.3. The summed E-state index contributed by atoms with van der Waals surface area (Å²) in [6.45, 7) is 0. The second-order valence-corrected chi connectivity index (χ2v) is 5.57. The van der Waals surface area contributed by atoms with E-state index in [1.165, 1.54) is 17.8 Å². The van der Waals surface area contributed by atoms with Crippen molar-refractivity contribution in [1.29, 1.82) is 0 Å². The summed E-state index contributed by atoms with van der Waals surface area (Å²) in [5.41, 5.74) is 5.69. The first-order chi connectivity index (χ1) is 6.02. The van der Waals surface area contributed by atoms with Gasteiger partial charge in [0.05, 0.1) is 19.6 Å². The quantitative estimate of drug-likeness (QED) is 0.916. The van der Waals surface area contributed by atoms with Crippen LogP contribution in [0.3, 0.4) is 0 Å². The lowest BCUT2D eigenvalue weighted by molar-refractivity contribution is -0.115. The van der Waals surface area contributed by atoms with E-state index in [1.54, 1.807) is 0 Å². The van der Waals surface area contributed by atoms with Gasteiger partial charge >= 0.3 is 0 Å². The first-order valence-electron chi connectivity index (χ1n) is 3.27. The van der Waals surface area contributed by atoms with Crippen molar-refractivity contribution in [3.63, 3.8) is 0 Å². The number of halogens is 3. The van der Waals surface area contributed by atoms with Crippen molar-refractivity contribution in [2.24, 2.45) is 5.73 Å². The molecule has 1 amide bonds. The van der Waals surface area contributed by atoms with Crippen molar-refractivity contribution in [2.75, 3.05) is 0 Å². The van der Waals surface area contributed by atoms with Crippen LogP contribution >= 0.6 is 50.5 Å². The zero-order valence-corrected chi connectivity index (χ0v) is 10.2. The zero-order chi connectivity index (χ0) is 10.0. The fourth-order valence-corrected chi connectivity index (χ4v) is 3.24. The fourth-order valence-electron chi connectivity index (χ4n) is 0.762. The van der Waals surface area contributed by atoms with Gasteiger partial charge in [-0.05, 0) is 22.4 Å². The molecule has 1 aromatic rings. The Labute approximate surface area is 98.1 Å². The molecule has 0 aliphatic rings. The molecular formula is C7H5BrCl2NOS. The molecule has 71 valence electrons. The molecule has 13 heavy (non-hydrogen) atoms. The minimum atomic E-state index is -0.477. The third-order valence-electron chi connectivity index (χ3n) is 1.36. The Kier molecular flexibility index (Phi) is 4.04. The second kappa shape index (κ2) is 4.64. The number of hydrogen-bond donors (Lipinski definition) is 1. The lowest BCUT2D eigenvalue weighted by Crippen LogP contribution is -2.12. The predicted molar refractivity (Wildman–Crippen MR) is 59.2 cm³/mol. The molecule has 1 aromatic heterocycles. The van der Waals surface area contributed by atoms with Crippen LogP contribution in [0.25, 0.3) is 0 Å². The van der Waals surface area contributed by atoms with E-state index in [4.69, 9.17) is 28.9 Å². The number of rotatable bonds is 3. The normalized spacial score (nSPS) is 10.4. The van der Waals surface area contributed by atoms with Crippen LogP contribution in [0.1, 0.15) is 5.56 Å². The highest BCUT2D eigenvalue weighted by Crippen LogP contribution is 2.40. The summed E-state index contributed by atoms with van der Waals surface area (Å²) in [5.74, 6) is -0.477. The van der Waals surface area contributed by atoms with Crippen molar-refractivity contribution in [3.8, 4) is 0 Å². The lowest BCUT2D eigenvalue weighted by atomic mass is 10.2. The van der Waals surface area contributed by atoms with E-state index in [0.717, 1.165) is 9.35 Å². The molecule has 6 heteroatoms. The number of hydrogen-bond acceptors (Lipinski definition) is 2. The Balaban J connectivity index is 2.81. The molecule has 2 N–H and O–H groups in total. The van der Waals surface area contributed by atoms with Crippen molar-refractivity contribution >= 4 is 56.4 Å². The second-order valence-electron chi connectivity index (χ2n) is 2.25. The van der Waals surface area contributed by atoms with Gasteiger partial charge in [0.2, 0.25) is 5.91 Å². The zero-order valence-electron chi connectivity index (χ0n) is 6.31. The molecule has 1 radical (unpaired) electrons. The average molecular weight is 302 g/mol. The largest absolute Gasteiger partial charge is 0.369 e. The molecule has 0 saturated carbocycles. The monoisotopic (exact) mass is 300 g/mol. The highest BCUT2D eigenvalue weighted by Gasteiger charge is 2.14. The highest BCUT2D eigenvalue weighted by molar-refractivity contribution is 9.11. The summed E-state index contributed by atoms with van der Waals surface area (Å²) in [6.07, 6.45) is 1.71. The standard InChI is InChI=1S/C7H5BrCl2NOS/c8-6-5(9)3(7(10)13-6)1-2-4(11)12/h2H,1H2,(H2,11,12). The third-order valence-corrected chi connectivity index (χ3v) is 4.27. The Morgan fingerprint density at radius 3 is 2.62 bits per heavy atom. The Bertz CT molecular complexity index is 339. The minimum absolute atomic E-state index is 0.370. The van der Waals surface area contributed by atoms with Gasteiger partial charge in [-0.25, -0.2) is 0 Å². The van der Waals surface area contributed by atoms with Crippen LogP contribution in [0.4, 0.5) is 0 Å². The van der Waals surface area contributed by atoms with Crippen molar-refractivity contribution in [2.45, 2.75) is 6.42 Å². The van der Waals surface area contributed by atoms with Crippen LogP contribution in [-0.4, -0.2) is 5.91 Å². The Hall–Kier alpha value is 0.230. The van der Waals surface area contributed by atoms with Crippen molar-refractivity contribution in [3.05, 3.63) is 25.1 Å². The number of carbonyl (C=O) groups excluding carboxylic acids is 1. The minimum Gasteiger partial charge on any atom is -0.369 e. The van der Waals surface area contributed by atoms with E-state index in [0.29, 0.717) is 15.8 Å². The molecule has 0 aliphatic carbocycles. The van der Waals surface area contributed by atoms with Gasteiger partial charge in [-0.2, -0.15) is 0 Å². The summed E-state index contributed by atoms with van der Waals surface area (Å²) in [4.78, 5) is 10.5. The molecule has 0 aromatic carbocycles. The SMILES string of the molecule is NC(=O)[CH]Cc1c(Cl)sc(Br)c1Cl. The maximum absolute atomic E-state index is 10.5. The van der Waals surface area contributed by atoms with E-state index in [1.807, 2.05) is 0 Å². The fraction of sp³-hybridized carbons (Fsp3) is 0.143. The number of primary amides is 1. The summed E-state index contributed by atoms with van der Waals surface area (Å²) in [6, 6.07) is 0. The van der Waals surface area contributed by atoms with Gasteiger partial charge in [-0.1, -0.05) is 23.2 Å². The highest BCUT2D eigenvalue weighted by atomic mass is 79.9. The third kappa shape index (κ3) is 2.84. The van der Waals surface area contributed by atoms with Gasteiger partial charge in [0.25, 0.3) is 0 Å². The Morgan fingerprint density at radius 2 is 2.23 bits per heavy atom. The molecule has 0 bridgehead atoms. The summed E-state index contributed by atoms with van der Waals surface area (Å²) in [7, 11) is 0. The summed E-state index contributed by atoms with van der Waals surface area (Å²) < 4.78 is 1.35. The molecular weight excluding hydrogens is 297 g/mol. The molecule has 0 unspecified atom stereocenters. The van der Waals surface area contributed by atoms with Gasteiger partial charge in [-0.15, -0.1) is 11.3 Å². The van der Waals surface area contributed by atoms with Crippen molar-refractivity contribution < 1.29 is 4.79 Å². The van der Waals surface area contributed by atoms with Gasteiger partial charge in [0.15, 0.2) is 0 Å². The van der Waals surface area contributed by atoms with Crippen LogP contribution in [0.2, 0.25) is 9.36 Å². The van der Waals surface area contributed by atoms with E-state index in [9.17, 15) is 4.79 Å². The van der Waals surface area contributed by atoms with Gasteiger partial charge in [0.1, 0.15) is 0 Å². The van der Waals surface area contributed by atoms with Crippen LogP contribution in [0.5, 0.6) is 0 Å². The van der Waals surface area contributed by atoms with E-state index in [2.05, 4.69) is 15.9 Å². The predicted octanol–water partition coefficient (Wildman–Crippen LogP) is 3.05. The van der Waals surface area contributed by atoms with Gasteiger partial charge in [0, 0.05) is 5.56 Å². The van der Waals surface area contributed by atoms with E-state index in [-0.39, 0.29) is 0 Å². The van der Waals surface area contributed by atoms with E-state index >= 15 is 0 Å². The smallest absolute Gasteiger partial charge is 0.221 e. The van der Waals surface area contributed by atoms with Crippen LogP contribution in [-0.2, 0) is 11.2 Å². The first kappa shape index (κ1) is 11.3. The van der Waals surface area contributed by atoms with E-state index < -0.39 is 5.91 Å². The average Bonchev–Trinajstić information content (AvgIpc) is 2.24. The summed E-state index contributed by atoms with van der Waals surface area (Å²) in [5, 5.41) is 0.549. The first-order valence-corrected chi connectivity index (χ1v) is 5.63. The maximum atomic E-state index is 10.5. The molecule has 0 spiro atoms. The maximum Gasteiger partial charge on any atom is 0.221 e. The molecule has 0 fully saturated rings. The molecule has 1 rings (SSSR count). The van der Waals surface area contributed by atoms with Crippen LogP contribution in [0, 0.1) is 6.42 Å². The van der Waals surface area contributed by atoms with Crippen LogP contribution in [0.15, 0.2) is 3.79 Å². The van der Waals surface area contributed by atoms with Crippen LogP contribution < -0.4 is 5.73 Å². The molecule has 0 saturated heterocycles.